The summed E-state index contributed by atoms with van der Waals surface area (Å²) < 4.78 is 0. The number of thiol groups is 1. The molecule has 0 fully saturated rings. The molecule has 0 aliphatic heterocycles. The predicted octanol–water partition coefficient (Wildman–Crippen LogP) is 2.85. The van der Waals surface area contributed by atoms with Crippen LogP contribution in [0.5, 0.6) is 0 Å². The van der Waals surface area contributed by atoms with Gasteiger partial charge in [-0.05, 0) is 36.6 Å². The molecule has 10 heavy (non-hydrogen) atoms. The molecular weight excluding hydrogens is 140 g/mol. The zero-order valence-corrected chi connectivity index (χ0v) is 7.28. The first-order valence-electron chi connectivity index (χ1n) is 3.52. The average molecular weight is 152 g/mol. The highest BCUT2D eigenvalue weighted by atomic mass is 32.1. The quantitative estimate of drug-likeness (QED) is 0.588. The highest BCUT2D eigenvalue weighted by Gasteiger charge is 1.93. The first-order valence-corrected chi connectivity index (χ1v) is 3.97. The Balaban J connectivity index is 3.07. The van der Waals surface area contributed by atoms with E-state index < -0.39 is 0 Å². The van der Waals surface area contributed by atoms with Crippen molar-refractivity contribution in [3.63, 3.8) is 0 Å². The number of hydrogen-bond acceptors (Lipinski definition) is 1. The molecule has 1 aromatic carbocycles. The van der Waals surface area contributed by atoms with Crippen molar-refractivity contribution in [1.29, 1.82) is 0 Å². The third-order valence-corrected chi connectivity index (χ3v) is 1.99. The van der Waals surface area contributed by atoms with Crippen molar-refractivity contribution in [2.24, 2.45) is 0 Å². The van der Waals surface area contributed by atoms with Crippen molar-refractivity contribution in [2.75, 3.05) is 0 Å². The maximum absolute atomic E-state index is 4.24. The Bertz CT molecular complexity index is 228. The first-order chi connectivity index (χ1) is 4.74. The highest BCUT2D eigenvalue weighted by Crippen LogP contribution is 2.13. The van der Waals surface area contributed by atoms with Gasteiger partial charge in [0.2, 0.25) is 0 Å². The molecule has 0 saturated heterocycles. The van der Waals surface area contributed by atoms with Crippen LogP contribution >= 0.6 is 12.6 Å². The summed E-state index contributed by atoms with van der Waals surface area (Å²) in [7, 11) is 0. The Morgan fingerprint density at radius 1 is 1.40 bits per heavy atom. The summed E-state index contributed by atoms with van der Waals surface area (Å²) in [5.74, 6) is 0. The fourth-order valence-electron chi connectivity index (χ4n) is 1.08. The minimum absolute atomic E-state index is 1.05. The maximum Gasteiger partial charge on any atom is 0.00428 e. The van der Waals surface area contributed by atoms with E-state index in [0.717, 1.165) is 11.3 Å². The van der Waals surface area contributed by atoms with Crippen molar-refractivity contribution in [3.05, 3.63) is 29.3 Å². The number of hydrogen-bond donors (Lipinski definition) is 1. The van der Waals surface area contributed by atoms with Gasteiger partial charge in [0, 0.05) is 4.90 Å². The van der Waals surface area contributed by atoms with Gasteiger partial charge in [0.1, 0.15) is 0 Å². The van der Waals surface area contributed by atoms with E-state index in [4.69, 9.17) is 0 Å². The molecule has 0 heterocycles. The number of aryl methyl sites for hydroxylation is 2. The van der Waals surface area contributed by atoms with Crippen molar-refractivity contribution in [3.8, 4) is 0 Å². The molecule has 0 aromatic heterocycles. The number of benzene rings is 1. The van der Waals surface area contributed by atoms with Crippen molar-refractivity contribution in [1.82, 2.24) is 0 Å². The standard InChI is InChI=1S/C9H12S/c1-3-8-4-5-9(10)6-7(8)2/h4-6,10H,3H2,1-2H3. The van der Waals surface area contributed by atoms with Crippen LogP contribution in [0, 0.1) is 6.92 Å². The fraction of sp³-hybridized carbons (Fsp3) is 0.333. The molecule has 0 amide bonds. The summed E-state index contributed by atoms with van der Waals surface area (Å²) in [5.41, 5.74) is 2.76. The van der Waals surface area contributed by atoms with Gasteiger partial charge in [-0.25, -0.2) is 0 Å². The first kappa shape index (κ1) is 7.67. The SMILES string of the molecule is CCc1ccc(S)cc1C. The lowest BCUT2D eigenvalue weighted by Crippen LogP contribution is -1.84. The van der Waals surface area contributed by atoms with E-state index in [1.54, 1.807) is 0 Å². The number of rotatable bonds is 1. The van der Waals surface area contributed by atoms with Crippen LogP contribution in [0.4, 0.5) is 0 Å². The van der Waals surface area contributed by atoms with Crippen molar-refractivity contribution < 1.29 is 0 Å². The molecule has 0 N–H and O–H groups in total. The van der Waals surface area contributed by atoms with Gasteiger partial charge in [-0.3, -0.25) is 0 Å². The average Bonchev–Trinajstić information content (AvgIpc) is 1.88. The van der Waals surface area contributed by atoms with E-state index in [1.165, 1.54) is 11.1 Å². The van der Waals surface area contributed by atoms with Gasteiger partial charge in [-0.15, -0.1) is 12.6 Å². The maximum atomic E-state index is 4.24. The van der Waals surface area contributed by atoms with Gasteiger partial charge in [-0.1, -0.05) is 13.0 Å². The smallest absolute Gasteiger partial charge is 0.00428 e. The molecule has 0 aliphatic carbocycles. The van der Waals surface area contributed by atoms with Crippen LogP contribution in [0.15, 0.2) is 23.1 Å². The fourth-order valence-corrected chi connectivity index (χ4v) is 1.34. The van der Waals surface area contributed by atoms with Gasteiger partial charge in [-0.2, -0.15) is 0 Å². The van der Waals surface area contributed by atoms with Gasteiger partial charge in [0.25, 0.3) is 0 Å². The van der Waals surface area contributed by atoms with Crippen LogP contribution in [0.1, 0.15) is 18.1 Å². The van der Waals surface area contributed by atoms with Gasteiger partial charge in [0.05, 0.1) is 0 Å². The zero-order chi connectivity index (χ0) is 7.56. The van der Waals surface area contributed by atoms with E-state index in [9.17, 15) is 0 Å². The molecule has 1 aromatic rings. The summed E-state index contributed by atoms with van der Waals surface area (Å²) in [4.78, 5) is 1.05. The normalized spacial score (nSPS) is 9.90. The second-order valence-electron chi connectivity index (χ2n) is 2.46. The lowest BCUT2D eigenvalue weighted by molar-refractivity contribution is 1.10. The Kier molecular flexibility index (Phi) is 2.39. The molecule has 1 rings (SSSR count). The minimum Gasteiger partial charge on any atom is -0.143 e. The summed E-state index contributed by atoms with van der Waals surface area (Å²) in [6.45, 7) is 4.29. The molecule has 0 atom stereocenters. The monoisotopic (exact) mass is 152 g/mol. The second-order valence-corrected chi connectivity index (χ2v) is 2.98. The Hall–Kier alpha value is -0.430. The van der Waals surface area contributed by atoms with Crippen molar-refractivity contribution in [2.45, 2.75) is 25.2 Å². The molecular formula is C9H12S. The van der Waals surface area contributed by atoms with Crippen LogP contribution in [0.2, 0.25) is 0 Å². The van der Waals surface area contributed by atoms with Crippen LogP contribution in [0.25, 0.3) is 0 Å². The summed E-state index contributed by atoms with van der Waals surface area (Å²) in [5, 5.41) is 0. The summed E-state index contributed by atoms with van der Waals surface area (Å²) in [6, 6.07) is 6.27. The van der Waals surface area contributed by atoms with Gasteiger partial charge >= 0.3 is 0 Å². The lowest BCUT2D eigenvalue weighted by atomic mass is 10.1. The largest absolute Gasteiger partial charge is 0.143 e. The Labute approximate surface area is 67.7 Å². The van der Waals surface area contributed by atoms with E-state index in [1.807, 2.05) is 6.07 Å². The van der Waals surface area contributed by atoms with Crippen LogP contribution in [0.3, 0.4) is 0 Å². The third kappa shape index (κ3) is 1.54. The second kappa shape index (κ2) is 3.11. The Morgan fingerprint density at radius 3 is 2.60 bits per heavy atom. The topological polar surface area (TPSA) is 0 Å². The summed E-state index contributed by atoms with van der Waals surface area (Å²) in [6.07, 6.45) is 1.11. The molecule has 0 unspecified atom stereocenters. The van der Waals surface area contributed by atoms with Crippen LogP contribution < -0.4 is 0 Å². The molecule has 0 aliphatic rings. The van der Waals surface area contributed by atoms with Gasteiger partial charge in [0.15, 0.2) is 0 Å². The molecule has 54 valence electrons. The van der Waals surface area contributed by atoms with E-state index in [-0.39, 0.29) is 0 Å². The van der Waals surface area contributed by atoms with E-state index in [0.29, 0.717) is 0 Å². The molecule has 0 spiro atoms. The van der Waals surface area contributed by atoms with Gasteiger partial charge < -0.3 is 0 Å². The molecule has 0 radical (unpaired) electrons. The van der Waals surface area contributed by atoms with E-state index in [2.05, 4.69) is 38.6 Å². The Morgan fingerprint density at radius 2 is 2.10 bits per heavy atom. The highest BCUT2D eigenvalue weighted by molar-refractivity contribution is 7.80. The van der Waals surface area contributed by atoms with Crippen LogP contribution in [-0.2, 0) is 6.42 Å². The zero-order valence-electron chi connectivity index (χ0n) is 6.39. The van der Waals surface area contributed by atoms with Crippen molar-refractivity contribution >= 4 is 12.6 Å². The van der Waals surface area contributed by atoms with Crippen LogP contribution in [-0.4, -0.2) is 0 Å². The lowest BCUT2D eigenvalue weighted by Gasteiger charge is -2.01. The molecule has 1 heteroatoms. The minimum atomic E-state index is 1.05. The molecule has 0 nitrogen and oxygen atoms in total. The predicted molar refractivity (Wildman–Crippen MR) is 47.8 cm³/mol. The third-order valence-electron chi connectivity index (χ3n) is 1.71. The molecule has 0 bridgehead atoms. The summed E-state index contributed by atoms with van der Waals surface area (Å²) >= 11 is 4.24. The molecule has 0 saturated carbocycles. The van der Waals surface area contributed by atoms with E-state index >= 15 is 0 Å².